The minimum atomic E-state index is -0.419. The van der Waals surface area contributed by atoms with Crippen LogP contribution in [0.25, 0.3) is 11.3 Å². The van der Waals surface area contributed by atoms with Crippen LogP contribution in [0.2, 0.25) is 0 Å². The Kier molecular flexibility index (Phi) is 2.29. The van der Waals surface area contributed by atoms with Crippen molar-refractivity contribution >= 4 is 5.91 Å². The van der Waals surface area contributed by atoms with Gasteiger partial charge in [-0.3, -0.25) is 4.79 Å². The minimum absolute atomic E-state index is 0.419. The number of carbonyl (C=O) groups excluding carboxylic acids is 1. The molecule has 3 heteroatoms. The smallest absolute Gasteiger partial charge is 0.248 e. The summed E-state index contributed by atoms with van der Waals surface area (Å²) < 4.78 is 5.45. The highest BCUT2D eigenvalue weighted by molar-refractivity contribution is 5.93. The maximum Gasteiger partial charge on any atom is 0.248 e. The Bertz CT molecular complexity index is 483. The molecule has 2 N–H and O–H groups in total. The maximum atomic E-state index is 10.9. The van der Waals surface area contributed by atoms with E-state index in [-0.39, 0.29) is 0 Å². The summed E-state index contributed by atoms with van der Waals surface area (Å²) in [6.45, 7) is 1.89. The average Bonchev–Trinajstić information content (AvgIpc) is 2.65. The van der Waals surface area contributed by atoms with Crippen LogP contribution in [0.1, 0.15) is 16.1 Å². The number of furan rings is 1. The Morgan fingerprint density at radius 2 is 1.80 bits per heavy atom. The van der Waals surface area contributed by atoms with Crippen LogP contribution in [0.4, 0.5) is 0 Å². The molecule has 3 nitrogen and oxygen atoms in total. The zero-order chi connectivity index (χ0) is 10.8. The Morgan fingerprint density at radius 1 is 1.13 bits per heavy atom. The van der Waals surface area contributed by atoms with Gasteiger partial charge in [0, 0.05) is 11.1 Å². The molecule has 1 amide bonds. The summed E-state index contributed by atoms with van der Waals surface area (Å²) in [5.74, 6) is 1.24. The van der Waals surface area contributed by atoms with E-state index in [1.54, 1.807) is 12.1 Å². The van der Waals surface area contributed by atoms with Gasteiger partial charge in [-0.05, 0) is 31.2 Å². The van der Waals surface area contributed by atoms with E-state index in [4.69, 9.17) is 10.2 Å². The second kappa shape index (κ2) is 3.61. The molecule has 76 valence electrons. The van der Waals surface area contributed by atoms with Crippen molar-refractivity contribution in [2.75, 3.05) is 0 Å². The molecule has 1 aromatic heterocycles. The quantitative estimate of drug-likeness (QED) is 0.810. The van der Waals surface area contributed by atoms with Gasteiger partial charge in [0.05, 0.1) is 0 Å². The van der Waals surface area contributed by atoms with E-state index in [1.165, 1.54) is 0 Å². The van der Waals surface area contributed by atoms with E-state index >= 15 is 0 Å². The number of hydrogen-bond acceptors (Lipinski definition) is 2. The normalized spacial score (nSPS) is 10.2. The van der Waals surface area contributed by atoms with Gasteiger partial charge in [0.15, 0.2) is 0 Å². The zero-order valence-corrected chi connectivity index (χ0v) is 8.36. The number of primary amides is 1. The van der Waals surface area contributed by atoms with Gasteiger partial charge in [0.25, 0.3) is 0 Å². The molecule has 2 rings (SSSR count). The molecule has 0 aliphatic carbocycles. The molecule has 1 heterocycles. The fraction of sp³-hybridized carbons (Fsp3) is 0.0833. The molecule has 0 aliphatic rings. The van der Waals surface area contributed by atoms with Gasteiger partial charge >= 0.3 is 0 Å². The van der Waals surface area contributed by atoms with Crippen LogP contribution in [0.5, 0.6) is 0 Å². The fourth-order valence-corrected chi connectivity index (χ4v) is 1.39. The number of benzene rings is 1. The van der Waals surface area contributed by atoms with Crippen molar-refractivity contribution in [1.82, 2.24) is 0 Å². The summed E-state index contributed by atoms with van der Waals surface area (Å²) >= 11 is 0. The van der Waals surface area contributed by atoms with Crippen molar-refractivity contribution in [2.45, 2.75) is 6.92 Å². The molecule has 0 atom stereocenters. The fourth-order valence-electron chi connectivity index (χ4n) is 1.39. The molecule has 0 bridgehead atoms. The molecule has 0 spiro atoms. The van der Waals surface area contributed by atoms with Crippen LogP contribution in [-0.4, -0.2) is 5.91 Å². The first-order chi connectivity index (χ1) is 7.16. The van der Waals surface area contributed by atoms with E-state index in [1.807, 2.05) is 31.2 Å². The number of nitrogens with two attached hydrogens (primary N) is 1. The van der Waals surface area contributed by atoms with Crippen molar-refractivity contribution in [1.29, 1.82) is 0 Å². The van der Waals surface area contributed by atoms with E-state index < -0.39 is 5.91 Å². The van der Waals surface area contributed by atoms with Gasteiger partial charge in [-0.15, -0.1) is 0 Å². The van der Waals surface area contributed by atoms with Crippen LogP contribution < -0.4 is 5.73 Å². The van der Waals surface area contributed by atoms with Crippen molar-refractivity contribution in [3.63, 3.8) is 0 Å². The van der Waals surface area contributed by atoms with Gasteiger partial charge in [-0.1, -0.05) is 12.1 Å². The summed E-state index contributed by atoms with van der Waals surface area (Å²) in [5, 5.41) is 0. The molecule has 15 heavy (non-hydrogen) atoms. The Labute approximate surface area is 87.5 Å². The van der Waals surface area contributed by atoms with E-state index in [0.717, 1.165) is 17.1 Å². The van der Waals surface area contributed by atoms with E-state index in [9.17, 15) is 4.79 Å². The molecule has 0 aliphatic heterocycles. The van der Waals surface area contributed by atoms with Gasteiger partial charge in [-0.2, -0.15) is 0 Å². The number of rotatable bonds is 2. The predicted octanol–water partition coefficient (Wildman–Crippen LogP) is 2.35. The highest BCUT2D eigenvalue weighted by Gasteiger charge is 2.04. The monoisotopic (exact) mass is 201 g/mol. The third-order valence-corrected chi connectivity index (χ3v) is 2.19. The lowest BCUT2D eigenvalue weighted by molar-refractivity contribution is 0.100. The molecular weight excluding hydrogens is 190 g/mol. The molecular formula is C12H11NO2. The topological polar surface area (TPSA) is 56.2 Å². The number of carbonyl (C=O) groups is 1. The van der Waals surface area contributed by atoms with Crippen LogP contribution in [0.3, 0.4) is 0 Å². The summed E-state index contributed by atoms with van der Waals surface area (Å²) in [6.07, 6.45) is 0. The summed E-state index contributed by atoms with van der Waals surface area (Å²) in [4.78, 5) is 10.9. The zero-order valence-electron chi connectivity index (χ0n) is 8.36. The molecule has 2 aromatic rings. The van der Waals surface area contributed by atoms with Gasteiger partial charge in [-0.25, -0.2) is 0 Å². The minimum Gasteiger partial charge on any atom is -0.461 e. The van der Waals surface area contributed by atoms with Gasteiger partial charge in [0.1, 0.15) is 11.5 Å². The summed E-state index contributed by atoms with van der Waals surface area (Å²) in [6, 6.07) is 10.8. The lowest BCUT2D eigenvalue weighted by Gasteiger charge is -1.98. The van der Waals surface area contributed by atoms with Crippen molar-refractivity contribution in [3.8, 4) is 11.3 Å². The lowest BCUT2D eigenvalue weighted by Crippen LogP contribution is -2.10. The van der Waals surface area contributed by atoms with E-state index in [0.29, 0.717) is 5.56 Å². The van der Waals surface area contributed by atoms with Crippen molar-refractivity contribution in [3.05, 3.63) is 47.7 Å². The van der Waals surface area contributed by atoms with Crippen LogP contribution in [0.15, 0.2) is 40.8 Å². The number of hydrogen-bond donors (Lipinski definition) is 1. The van der Waals surface area contributed by atoms with Crippen molar-refractivity contribution < 1.29 is 9.21 Å². The van der Waals surface area contributed by atoms with E-state index in [2.05, 4.69) is 0 Å². The molecule has 1 aromatic carbocycles. The summed E-state index contributed by atoms with van der Waals surface area (Å²) in [5.41, 5.74) is 6.58. The first-order valence-electron chi connectivity index (χ1n) is 4.63. The SMILES string of the molecule is Cc1ccc(-c2ccc(C(N)=O)cc2)o1. The lowest BCUT2D eigenvalue weighted by atomic mass is 10.1. The van der Waals surface area contributed by atoms with Crippen molar-refractivity contribution in [2.24, 2.45) is 5.73 Å². The molecule has 0 unspecified atom stereocenters. The third-order valence-electron chi connectivity index (χ3n) is 2.19. The predicted molar refractivity (Wildman–Crippen MR) is 57.4 cm³/mol. The number of aryl methyl sites for hydroxylation is 1. The first-order valence-corrected chi connectivity index (χ1v) is 4.63. The van der Waals surface area contributed by atoms with Crippen LogP contribution >= 0.6 is 0 Å². The highest BCUT2D eigenvalue weighted by atomic mass is 16.3. The third kappa shape index (κ3) is 1.91. The molecule has 0 saturated carbocycles. The first kappa shape index (κ1) is 9.52. The van der Waals surface area contributed by atoms with Crippen LogP contribution in [0, 0.1) is 6.92 Å². The second-order valence-corrected chi connectivity index (χ2v) is 3.35. The Morgan fingerprint density at radius 3 is 2.27 bits per heavy atom. The highest BCUT2D eigenvalue weighted by Crippen LogP contribution is 2.21. The largest absolute Gasteiger partial charge is 0.461 e. The Hall–Kier alpha value is -2.03. The van der Waals surface area contributed by atoms with Gasteiger partial charge in [0.2, 0.25) is 5.91 Å². The summed E-state index contributed by atoms with van der Waals surface area (Å²) in [7, 11) is 0. The van der Waals surface area contributed by atoms with Gasteiger partial charge < -0.3 is 10.2 Å². The standard InChI is InChI=1S/C12H11NO2/c1-8-2-7-11(15-8)9-3-5-10(6-4-9)12(13)14/h2-7H,1H3,(H2,13,14). The maximum absolute atomic E-state index is 10.9. The number of amides is 1. The molecule has 0 saturated heterocycles. The average molecular weight is 201 g/mol. The van der Waals surface area contributed by atoms with Crippen LogP contribution in [-0.2, 0) is 0 Å². The Balaban J connectivity index is 2.35. The second-order valence-electron chi connectivity index (χ2n) is 3.35. The molecule has 0 fully saturated rings. The molecule has 0 radical (unpaired) electrons.